The van der Waals surface area contributed by atoms with Crippen LogP contribution in [0.5, 0.6) is 0 Å². The molecule has 1 aromatic rings. The number of carbonyl (C=O) groups is 1. The van der Waals surface area contributed by atoms with E-state index in [1.807, 2.05) is 13.8 Å². The van der Waals surface area contributed by atoms with Gasteiger partial charge in [-0.05, 0) is 42.7 Å². The van der Waals surface area contributed by atoms with Gasteiger partial charge in [0.15, 0.2) is 0 Å². The van der Waals surface area contributed by atoms with Crippen LogP contribution in [-0.2, 0) is 4.79 Å². The molecule has 0 saturated heterocycles. The van der Waals surface area contributed by atoms with Crippen LogP contribution < -0.4 is 5.32 Å². The lowest BCUT2D eigenvalue weighted by molar-refractivity contribution is -0.117. The monoisotopic (exact) mass is 301 g/mol. The van der Waals surface area contributed by atoms with Crippen molar-refractivity contribution in [1.82, 2.24) is 5.32 Å². The molecule has 0 bridgehead atoms. The van der Waals surface area contributed by atoms with E-state index in [4.69, 9.17) is 28.3 Å². The molecule has 0 aliphatic rings. The molecule has 2 unspecified atom stereocenters. The molecule has 2 N–H and O–H groups in total. The average Bonchev–Trinajstić information content (AvgIpc) is 2.38. The maximum atomic E-state index is 11.7. The van der Waals surface area contributed by atoms with Gasteiger partial charge in [0.2, 0.25) is 5.91 Å². The van der Waals surface area contributed by atoms with Crippen molar-refractivity contribution in [3.05, 3.63) is 39.9 Å². The molecular formula is C14H17Cl2NO2. The lowest BCUT2D eigenvalue weighted by Crippen LogP contribution is -2.37. The van der Waals surface area contributed by atoms with Crippen LogP contribution in [0.4, 0.5) is 0 Å². The van der Waals surface area contributed by atoms with Gasteiger partial charge in [0.05, 0.1) is 0 Å². The minimum absolute atomic E-state index is 0.00658. The number of aliphatic hydroxyl groups is 1. The van der Waals surface area contributed by atoms with Crippen LogP contribution in [0.1, 0.15) is 19.4 Å². The maximum absolute atomic E-state index is 11.7. The predicted octanol–water partition coefficient (Wildman–Crippen LogP) is 3.14. The summed E-state index contributed by atoms with van der Waals surface area (Å²) in [4.78, 5) is 11.7. The van der Waals surface area contributed by atoms with Crippen molar-refractivity contribution in [2.24, 2.45) is 5.92 Å². The van der Waals surface area contributed by atoms with Crippen molar-refractivity contribution in [1.29, 1.82) is 0 Å². The largest absolute Gasteiger partial charge is 0.396 e. The van der Waals surface area contributed by atoms with Gasteiger partial charge in [0.1, 0.15) is 0 Å². The molecule has 5 heteroatoms. The third-order valence-electron chi connectivity index (χ3n) is 2.88. The molecule has 0 spiro atoms. The molecule has 0 fully saturated rings. The molecule has 1 amide bonds. The Kier molecular flexibility index (Phi) is 6.35. The van der Waals surface area contributed by atoms with Gasteiger partial charge in [-0.25, -0.2) is 0 Å². The van der Waals surface area contributed by atoms with Gasteiger partial charge >= 0.3 is 0 Å². The number of amides is 1. The van der Waals surface area contributed by atoms with E-state index < -0.39 is 0 Å². The number of carbonyl (C=O) groups excluding carboxylic acids is 1. The quantitative estimate of drug-likeness (QED) is 0.821. The van der Waals surface area contributed by atoms with Gasteiger partial charge in [-0.2, -0.15) is 0 Å². The van der Waals surface area contributed by atoms with Crippen LogP contribution in [0.15, 0.2) is 24.3 Å². The number of nitrogens with one attached hydrogen (secondary N) is 1. The fraction of sp³-hybridized carbons (Fsp3) is 0.357. The van der Waals surface area contributed by atoms with E-state index in [0.29, 0.717) is 15.6 Å². The lowest BCUT2D eigenvalue weighted by Gasteiger charge is -2.18. The zero-order valence-corrected chi connectivity index (χ0v) is 12.4. The number of rotatable bonds is 5. The molecule has 0 aliphatic carbocycles. The number of hydrogen-bond donors (Lipinski definition) is 2. The van der Waals surface area contributed by atoms with Crippen molar-refractivity contribution in [2.75, 3.05) is 6.61 Å². The molecule has 1 aromatic carbocycles. The first-order chi connectivity index (χ1) is 8.93. The van der Waals surface area contributed by atoms with Crippen molar-refractivity contribution in [2.45, 2.75) is 19.9 Å². The Hall–Kier alpha value is -1.03. The van der Waals surface area contributed by atoms with Crippen LogP contribution in [0, 0.1) is 5.92 Å². The minimum Gasteiger partial charge on any atom is -0.396 e. The van der Waals surface area contributed by atoms with Gasteiger partial charge in [0, 0.05) is 28.8 Å². The highest BCUT2D eigenvalue weighted by Gasteiger charge is 2.12. The average molecular weight is 302 g/mol. The normalized spacial score (nSPS) is 14.4. The summed E-state index contributed by atoms with van der Waals surface area (Å²) >= 11 is 11.8. The summed E-state index contributed by atoms with van der Waals surface area (Å²) in [6.07, 6.45) is 3.01. The molecule has 2 atom stereocenters. The van der Waals surface area contributed by atoms with E-state index in [1.165, 1.54) is 6.08 Å². The Morgan fingerprint density at radius 3 is 2.74 bits per heavy atom. The van der Waals surface area contributed by atoms with Gasteiger partial charge in [-0.1, -0.05) is 30.1 Å². The van der Waals surface area contributed by atoms with Gasteiger partial charge in [0.25, 0.3) is 0 Å². The van der Waals surface area contributed by atoms with Crippen LogP contribution in [0.3, 0.4) is 0 Å². The van der Waals surface area contributed by atoms with Gasteiger partial charge in [-0.3, -0.25) is 4.79 Å². The Labute approximate surface area is 123 Å². The van der Waals surface area contributed by atoms with Crippen molar-refractivity contribution < 1.29 is 9.90 Å². The first-order valence-electron chi connectivity index (χ1n) is 5.98. The second-order valence-electron chi connectivity index (χ2n) is 4.46. The fourth-order valence-electron chi connectivity index (χ4n) is 1.38. The van der Waals surface area contributed by atoms with Crippen molar-refractivity contribution >= 4 is 35.2 Å². The molecule has 0 aromatic heterocycles. The highest BCUT2D eigenvalue weighted by atomic mass is 35.5. The first kappa shape index (κ1) is 16.0. The molecule has 0 radical (unpaired) electrons. The summed E-state index contributed by atoms with van der Waals surface area (Å²) < 4.78 is 0. The summed E-state index contributed by atoms with van der Waals surface area (Å²) in [5, 5.41) is 12.9. The molecule has 0 saturated carbocycles. The van der Waals surface area contributed by atoms with Crippen LogP contribution in [0.25, 0.3) is 6.08 Å². The fourth-order valence-corrected chi connectivity index (χ4v) is 1.74. The molecule has 19 heavy (non-hydrogen) atoms. The highest BCUT2D eigenvalue weighted by molar-refractivity contribution is 6.34. The zero-order valence-electron chi connectivity index (χ0n) is 10.9. The standard InChI is InChI=1S/C14H17Cl2NO2/c1-9(8-18)10(2)17-14(19)6-3-11-7-12(15)4-5-13(11)16/h3-7,9-10,18H,8H2,1-2H3,(H,17,19)/b6-3+. The summed E-state index contributed by atoms with van der Waals surface area (Å²) in [6, 6.07) is 4.95. The summed E-state index contributed by atoms with van der Waals surface area (Å²) in [5.74, 6) is -0.226. The van der Waals surface area contributed by atoms with E-state index in [0.717, 1.165) is 0 Å². The van der Waals surface area contributed by atoms with E-state index in [2.05, 4.69) is 5.32 Å². The van der Waals surface area contributed by atoms with E-state index >= 15 is 0 Å². The number of hydrogen-bond acceptors (Lipinski definition) is 2. The summed E-state index contributed by atoms with van der Waals surface area (Å²) in [7, 11) is 0. The topological polar surface area (TPSA) is 49.3 Å². The van der Waals surface area contributed by atoms with Gasteiger partial charge < -0.3 is 10.4 Å². The number of aliphatic hydroxyl groups excluding tert-OH is 1. The Morgan fingerprint density at radius 2 is 2.11 bits per heavy atom. The number of benzene rings is 1. The molecule has 104 valence electrons. The Bertz CT molecular complexity index is 475. The lowest BCUT2D eigenvalue weighted by atomic mass is 10.1. The smallest absolute Gasteiger partial charge is 0.244 e. The van der Waals surface area contributed by atoms with Crippen molar-refractivity contribution in [3.63, 3.8) is 0 Å². The van der Waals surface area contributed by atoms with E-state index in [-0.39, 0.29) is 24.5 Å². The van der Waals surface area contributed by atoms with Crippen LogP contribution in [-0.4, -0.2) is 23.7 Å². The zero-order chi connectivity index (χ0) is 14.4. The van der Waals surface area contributed by atoms with Crippen LogP contribution in [0.2, 0.25) is 10.0 Å². The summed E-state index contributed by atoms with van der Waals surface area (Å²) in [6.45, 7) is 3.74. The van der Waals surface area contributed by atoms with Crippen molar-refractivity contribution in [3.8, 4) is 0 Å². The van der Waals surface area contributed by atoms with Gasteiger partial charge in [-0.15, -0.1) is 0 Å². The minimum atomic E-state index is -0.233. The second-order valence-corrected chi connectivity index (χ2v) is 5.30. The first-order valence-corrected chi connectivity index (χ1v) is 6.74. The Morgan fingerprint density at radius 1 is 1.42 bits per heavy atom. The van der Waals surface area contributed by atoms with E-state index in [1.54, 1.807) is 24.3 Å². The molecule has 1 rings (SSSR count). The van der Waals surface area contributed by atoms with E-state index in [9.17, 15) is 4.79 Å². The maximum Gasteiger partial charge on any atom is 0.244 e. The Balaban J connectivity index is 2.66. The third-order valence-corrected chi connectivity index (χ3v) is 3.46. The predicted molar refractivity (Wildman–Crippen MR) is 79.4 cm³/mol. The molecular weight excluding hydrogens is 285 g/mol. The third kappa shape index (κ3) is 5.23. The second kappa shape index (κ2) is 7.53. The highest BCUT2D eigenvalue weighted by Crippen LogP contribution is 2.21. The van der Waals surface area contributed by atoms with Crippen LogP contribution >= 0.6 is 23.2 Å². The summed E-state index contributed by atoms with van der Waals surface area (Å²) in [5.41, 5.74) is 0.687. The number of halogens is 2. The molecule has 0 heterocycles. The molecule has 3 nitrogen and oxygen atoms in total. The SMILES string of the molecule is CC(CO)C(C)NC(=O)/C=C/c1cc(Cl)ccc1Cl. The molecule has 0 aliphatic heterocycles.